The molecule has 0 saturated carbocycles. The molecule has 1 aromatic carbocycles. The molecule has 3 nitrogen and oxygen atoms in total. The average Bonchev–Trinajstić information content (AvgIpc) is 2.51. The van der Waals surface area contributed by atoms with Crippen LogP contribution in [0, 0.1) is 18.6 Å². The van der Waals surface area contributed by atoms with Gasteiger partial charge in [0, 0.05) is 17.3 Å². The lowest BCUT2D eigenvalue weighted by molar-refractivity contribution is 0.530. The second-order valence-electron chi connectivity index (χ2n) is 3.57. The molecule has 0 amide bonds. The molecule has 2 N–H and O–H groups in total. The summed E-state index contributed by atoms with van der Waals surface area (Å²) >= 11 is 0. The third kappa shape index (κ3) is 1.88. The molecule has 1 heterocycles. The zero-order chi connectivity index (χ0) is 11.7. The summed E-state index contributed by atoms with van der Waals surface area (Å²) in [6.07, 6.45) is 0. The lowest BCUT2D eigenvalue weighted by atomic mass is 10.2. The molecule has 16 heavy (non-hydrogen) atoms. The molecule has 0 atom stereocenters. The van der Waals surface area contributed by atoms with E-state index in [2.05, 4.69) is 5.10 Å². The Morgan fingerprint density at radius 3 is 2.44 bits per heavy atom. The van der Waals surface area contributed by atoms with E-state index in [1.165, 1.54) is 22.9 Å². The lowest BCUT2D eigenvalue weighted by Gasteiger charge is -2.06. The van der Waals surface area contributed by atoms with Crippen LogP contribution >= 0.6 is 0 Å². The predicted octanol–water partition coefficient (Wildman–Crippen LogP) is 2.10. The van der Waals surface area contributed by atoms with Gasteiger partial charge in [0.15, 0.2) is 0 Å². The van der Waals surface area contributed by atoms with Crippen LogP contribution in [0.25, 0.3) is 0 Å². The Morgan fingerprint density at radius 1 is 1.31 bits per heavy atom. The van der Waals surface area contributed by atoms with Crippen molar-refractivity contribution in [3.63, 3.8) is 0 Å². The minimum absolute atomic E-state index is 0.00583. The van der Waals surface area contributed by atoms with Crippen molar-refractivity contribution >= 4 is 5.82 Å². The average molecular weight is 223 g/mol. The van der Waals surface area contributed by atoms with Gasteiger partial charge in [-0.05, 0) is 19.1 Å². The number of benzene rings is 1. The van der Waals surface area contributed by atoms with Gasteiger partial charge in [-0.1, -0.05) is 6.07 Å². The molecule has 0 aliphatic carbocycles. The fourth-order valence-electron chi connectivity index (χ4n) is 1.53. The van der Waals surface area contributed by atoms with E-state index in [0.717, 1.165) is 5.69 Å². The SMILES string of the molecule is Cc1cc(N)nn1Cc1c(F)cccc1F. The van der Waals surface area contributed by atoms with E-state index in [0.29, 0.717) is 5.82 Å². The van der Waals surface area contributed by atoms with E-state index >= 15 is 0 Å². The van der Waals surface area contributed by atoms with Gasteiger partial charge in [0.1, 0.15) is 17.5 Å². The third-order valence-corrected chi connectivity index (χ3v) is 2.37. The molecule has 0 radical (unpaired) electrons. The fraction of sp³-hybridized carbons (Fsp3) is 0.182. The summed E-state index contributed by atoms with van der Waals surface area (Å²) < 4.78 is 28.2. The van der Waals surface area contributed by atoms with Gasteiger partial charge in [-0.25, -0.2) is 8.78 Å². The van der Waals surface area contributed by atoms with E-state index in [1.807, 2.05) is 0 Å². The quantitative estimate of drug-likeness (QED) is 0.847. The largest absolute Gasteiger partial charge is 0.382 e. The van der Waals surface area contributed by atoms with Crippen molar-refractivity contribution in [1.82, 2.24) is 9.78 Å². The monoisotopic (exact) mass is 223 g/mol. The number of aromatic nitrogens is 2. The van der Waals surface area contributed by atoms with E-state index in [1.54, 1.807) is 13.0 Å². The number of nitrogens with zero attached hydrogens (tertiary/aromatic N) is 2. The standard InChI is InChI=1S/C11H11F2N3/c1-7-5-11(14)15-16(7)6-8-9(12)3-2-4-10(8)13/h2-5H,6H2,1H3,(H2,14,15). The number of halogens is 2. The summed E-state index contributed by atoms with van der Waals surface area (Å²) in [6, 6.07) is 5.43. The number of nitrogen functional groups attached to an aromatic ring is 1. The van der Waals surface area contributed by atoms with Crippen LogP contribution in [0.4, 0.5) is 14.6 Å². The van der Waals surface area contributed by atoms with Crippen molar-refractivity contribution < 1.29 is 8.78 Å². The van der Waals surface area contributed by atoms with Crippen molar-refractivity contribution in [2.24, 2.45) is 0 Å². The molecule has 0 spiro atoms. The van der Waals surface area contributed by atoms with Crippen molar-refractivity contribution in [3.05, 3.63) is 47.2 Å². The van der Waals surface area contributed by atoms with Crippen molar-refractivity contribution in [3.8, 4) is 0 Å². The normalized spacial score (nSPS) is 10.7. The molecule has 0 aliphatic heterocycles. The molecule has 0 fully saturated rings. The summed E-state index contributed by atoms with van der Waals surface area (Å²) in [5.41, 5.74) is 6.25. The van der Waals surface area contributed by atoms with Crippen LogP contribution < -0.4 is 5.73 Å². The first kappa shape index (κ1) is 10.6. The van der Waals surface area contributed by atoms with E-state index < -0.39 is 11.6 Å². The maximum absolute atomic E-state index is 13.4. The first-order valence-corrected chi connectivity index (χ1v) is 4.81. The highest BCUT2D eigenvalue weighted by Crippen LogP contribution is 2.15. The van der Waals surface area contributed by atoms with Crippen LogP contribution in [0.15, 0.2) is 24.3 Å². The molecule has 2 rings (SSSR count). The first-order valence-electron chi connectivity index (χ1n) is 4.81. The number of aryl methyl sites for hydroxylation is 1. The highest BCUT2D eigenvalue weighted by Gasteiger charge is 2.10. The molecule has 5 heteroatoms. The minimum Gasteiger partial charge on any atom is -0.382 e. The molecule has 0 bridgehead atoms. The van der Waals surface area contributed by atoms with Crippen LogP contribution in [0.5, 0.6) is 0 Å². The maximum atomic E-state index is 13.4. The number of anilines is 1. The molecule has 84 valence electrons. The zero-order valence-corrected chi connectivity index (χ0v) is 8.74. The molecule has 2 aromatic rings. The van der Waals surface area contributed by atoms with E-state index in [9.17, 15) is 8.78 Å². The molecule has 1 aromatic heterocycles. The second kappa shape index (κ2) is 3.92. The molecule has 0 saturated heterocycles. The predicted molar refractivity (Wildman–Crippen MR) is 56.8 cm³/mol. The number of hydrogen-bond acceptors (Lipinski definition) is 2. The summed E-state index contributed by atoms with van der Waals surface area (Å²) in [6.45, 7) is 1.82. The first-order chi connectivity index (χ1) is 7.58. The van der Waals surface area contributed by atoms with Crippen molar-refractivity contribution in [2.75, 3.05) is 5.73 Å². The summed E-state index contributed by atoms with van der Waals surface area (Å²) in [5.74, 6) is -0.809. The number of nitrogens with two attached hydrogens (primary N) is 1. The summed E-state index contributed by atoms with van der Waals surface area (Å²) in [4.78, 5) is 0. The van der Waals surface area contributed by atoms with Gasteiger partial charge < -0.3 is 5.73 Å². The Kier molecular flexibility index (Phi) is 2.60. The van der Waals surface area contributed by atoms with Crippen molar-refractivity contribution in [2.45, 2.75) is 13.5 Å². The van der Waals surface area contributed by atoms with Gasteiger partial charge in [0.2, 0.25) is 0 Å². The molecule has 0 unspecified atom stereocenters. The van der Waals surface area contributed by atoms with Crippen molar-refractivity contribution in [1.29, 1.82) is 0 Å². The minimum atomic E-state index is -0.575. The van der Waals surface area contributed by atoms with Crippen LogP contribution in [0.1, 0.15) is 11.3 Å². The maximum Gasteiger partial charge on any atom is 0.145 e. The van der Waals surface area contributed by atoms with Gasteiger partial charge in [-0.15, -0.1) is 0 Å². The topological polar surface area (TPSA) is 43.8 Å². The highest BCUT2D eigenvalue weighted by molar-refractivity contribution is 5.30. The number of rotatable bonds is 2. The Hall–Kier alpha value is -1.91. The van der Waals surface area contributed by atoms with Gasteiger partial charge in [0.05, 0.1) is 6.54 Å². The second-order valence-corrected chi connectivity index (χ2v) is 3.57. The van der Waals surface area contributed by atoms with E-state index in [4.69, 9.17) is 5.73 Å². The molecular weight excluding hydrogens is 212 g/mol. The number of hydrogen-bond donors (Lipinski definition) is 1. The summed E-state index contributed by atoms with van der Waals surface area (Å²) in [5, 5.41) is 3.95. The zero-order valence-electron chi connectivity index (χ0n) is 8.74. The Morgan fingerprint density at radius 2 is 1.94 bits per heavy atom. The van der Waals surface area contributed by atoms with Gasteiger partial charge in [0.25, 0.3) is 0 Å². The lowest BCUT2D eigenvalue weighted by Crippen LogP contribution is -2.08. The van der Waals surface area contributed by atoms with Gasteiger partial charge in [-0.3, -0.25) is 4.68 Å². The van der Waals surface area contributed by atoms with Gasteiger partial charge >= 0.3 is 0 Å². The smallest absolute Gasteiger partial charge is 0.145 e. The Balaban J connectivity index is 2.37. The highest BCUT2D eigenvalue weighted by atomic mass is 19.1. The fourth-order valence-corrected chi connectivity index (χ4v) is 1.53. The van der Waals surface area contributed by atoms with Gasteiger partial charge in [-0.2, -0.15) is 5.10 Å². The third-order valence-electron chi connectivity index (χ3n) is 2.37. The Labute approximate surface area is 91.5 Å². The van der Waals surface area contributed by atoms with Crippen LogP contribution in [0.3, 0.4) is 0 Å². The molecule has 0 aliphatic rings. The van der Waals surface area contributed by atoms with Crippen LogP contribution in [0.2, 0.25) is 0 Å². The van der Waals surface area contributed by atoms with Crippen LogP contribution in [-0.4, -0.2) is 9.78 Å². The molecular formula is C11H11F2N3. The Bertz CT molecular complexity index is 500. The van der Waals surface area contributed by atoms with E-state index in [-0.39, 0.29) is 12.1 Å². The van der Waals surface area contributed by atoms with Crippen LogP contribution in [-0.2, 0) is 6.54 Å². The summed E-state index contributed by atoms with van der Waals surface area (Å²) in [7, 11) is 0.